The van der Waals surface area contributed by atoms with Crippen LogP contribution in [0.25, 0.3) is 0 Å². The number of nitrogens with zero attached hydrogens (tertiary/aromatic N) is 3. The summed E-state index contributed by atoms with van der Waals surface area (Å²) in [6, 6.07) is 5.47. The summed E-state index contributed by atoms with van der Waals surface area (Å²) in [5.74, 6) is -1.46. The maximum Gasteiger partial charge on any atom is 0.250 e. The van der Waals surface area contributed by atoms with Crippen molar-refractivity contribution in [2.45, 2.75) is 26.4 Å². The fourth-order valence-electron chi connectivity index (χ4n) is 3.92. The second-order valence-electron chi connectivity index (χ2n) is 7.47. The molecule has 142 valence electrons. The number of benzene rings is 1. The third-order valence-corrected chi connectivity index (χ3v) is 5.63. The summed E-state index contributed by atoms with van der Waals surface area (Å²) in [5, 5.41) is 0. The largest absolute Gasteiger partial charge is 0.371 e. The van der Waals surface area contributed by atoms with Crippen LogP contribution >= 0.6 is 0 Å². The Morgan fingerprint density at radius 3 is 2.59 bits per heavy atom. The quantitative estimate of drug-likeness (QED) is 0.830. The number of anilines is 1. The van der Waals surface area contributed by atoms with Crippen molar-refractivity contribution in [2.24, 2.45) is 13.0 Å². The van der Waals surface area contributed by atoms with E-state index in [4.69, 9.17) is 0 Å². The maximum atomic E-state index is 13.3. The monoisotopic (exact) mass is 373 g/mol. The molecule has 2 aliphatic rings. The minimum atomic E-state index is -0.858. The molecule has 1 aromatic heterocycles. The maximum absolute atomic E-state index is 13.3. The van der Waals surface area contributed by atoms with E-state index in [0.29, 0.717) is 38.3 Å². The Balaban J connectivity index is 1.36. The highest BCUT2D eigenvalue weighted by atomic mass is 19.2. The summed E-state index contributed by atoms with van der Waals surface area (Å²) in [4.78, 5) is 28.3. The van der Waals surface area contributed by atoms with Gasteiger partial charge in [-0.05, 0) is 30.2 Å². The third kappa shape index (κ3) is 3.11. The molecular weight excluding hydrogens is 352 g/mol. The zero-order valence-electron chi connectivity index (χ0n) is 15.3. The first-order valence-electron chi connectivity index (χ1n) is 8.99. The van der Waals surface area contributed by atoms with Crippen molar-refractivity contribution in [1.82, 2.24) is 9.47 Å². The minimum absolute atomic E-state index is 0.0540. The zero-order chi connectivity index (χ0) is 19.3. The van der Waals surface area contributed by atoms with Crippen molar-refractivity contribution in [2.75, 3.05) is 18.0 Å². The molecule has 0 unspecified atom stereocenters. The molecule has 1 amide bonds. The van der Waals surface area contributed by atoms with Crippen LogP contribution in [0.1, 0.15) is 23.2 Å². The van der Waals surface area contributed by atoms with Crippen molar-refractivity contribution >= 4 is 11.6 Å². The van der Waals surface area contributed by atoms with Crippen LogP contribution in [0.5, 0.6) is 0 Å². The van der Waals surface area contributed by atoms with Gasteiger partial charge >= 0.3 is 0 Å². The lowest BCUT2D eigenvalue weighted by atomic mass is 9.95. The number of hydrogen-bond donors (Lipinski definition) is 0. The average Bonchev–Trinajstić information content (AvgIpc) is 3.04. The Bertz CT molecular complexity index is 980. The Hall–Kier alpha value is -2.70. The number of carbonyl (C=O) groups excluding carboxylic acids is 1. The minimum Gasteiger partial charge on any atom is -0.371 e. The van der Waals surface area contributed by atoms with Crippen molar-refractivity contribution in [3.63, 3.8) is 0 Å². The van der Waals surface area contributed by atoms with E-state index in [1.54, 1.807) is 28.6 Å². The van der Waals surface area contributed by atoms with E-state index in [9.17, 15) is 18.4 Å². The Morgan fingerprint density at radius 2 is 1.89 bits per heavy atom. The van der Waals surface area contributed by atoms with Gasteiger partial charge in [0.05, 0.1) is 6.54 Å². The van der Waals surface area contributed by atoms with Crippen molar-refractivity contribution < 1.29 is 13.6 Å². The lowest BCUT2D eigenvalue weighted by Crippen LogP contribution is -2.48. The molecule has 2 aromatic rings. The summed E-state index contributed by atoms with van der Waals surface area (Å²) in [5.41, 5.74) is 3.47. The topological polar surface area (TPSA) is 45.6 Å². The number of aromatic nitrogens is 1. The van der Waals surface area contributed by atoms with E-state index >= 15 is 0 Å². The Kier molecular flexibility index (Phi) is 4.25. The molecule has 1 aromatic carbocycles. The lowest BCUT2D eigenvalue weighted by molar-refractivity contribution is -0.133. The van der Waals surface area contributed by atoms with Crippen LogP contribution in [-0.2, 0) is 24.9 Å². The summed E-state index contributed by atoms with van der Waals surface area (Å²) in [6.07, 6.45) is 0.418. The van der Waals surface area contributed by atoms with Crippen LogP contribution in [0.4, 0.5) is 14.5 Å². The van der Waals surface area contributed by atoms with Crippen molar-refractivity contribution in [3.8, 4) is 0 Å². The van der Waals surface area contributed by atoms with Gasteiger partial charge in [-0.2, -0.15) is 0 Å². The normalized spacial score (nSPS) is 16.4. The first-order chi connectivity index (χ1) is 12.8. The highest BCUT2D eigenvalue weighted by Crippen LogP contribution is 2.30. The standard InChI is InChI=1S/C20H21F2N3O2/c1-12-5-19(26)23(2)18-11-25(10-15(12)18)20(27)6-13-8-24(9-13)14-3-4-16(21)17(22)7-14/h3-5,7,13H,6,8-11H2,1-2H3. The highest BCUT2D eigenvalue weighted by molar-refractivity contribution is 5.77. The van der Waals surface area contributed by atoms with Gasteiger partial charge in [0.2, 0.25) is 5.91 Å². The van der Waals surface area contributed by atoms with Gasteiger partial charge in [0.25, 0.3) is 5.56 Å². The first-order valence-corrected chi connectivity index (χ1v) is 8.99. The number of pyridine rings is 1. The molecule has 3 heterocycles. The van der Waals surface area contributed by atoms with Crippen LogP contribution in [0.3, 0.4) is 0 Å². The number of carbonyl (C=O) groups is 1. The summed E-state index contributed by atoms with van der Waals surface area (Å²) in [7, 11) is 1.74. The molecule has 27 heavy (non-hydrogen) atoms. The van der Waals surface area contributed by atoms with E-state index in [0.717, 1.165) is 22.9 Å². The molecule has 0 bridgehead atoms. The number of halogens is 2. The summed E-state index contributed by atoms with van der Waals surface area (Å²) >= 11 is 0. The van der Waals surface area contributed by atoms with Gasteiger partial charge in [0.1, 0.15) is 0 Å². The van der Waals surface area contributed by atoms with Gasteiger partial charge in [0, 0.05) is 62.5 Å². The third-order valence-electron chi connectivity index (χ3n) is 5.63. The van der Waals surface area contributed by atoms with E-state index in [1.165, 1.54) is 6.07 Å². The molecule has 1 fully saturated rings. The molecule has 2 aliphatic heterocycles. The summed E-state index contributed by atoms with van der Waals surface area (Å²) in [6.45, 7) is 4.19. The van der Waals surface area contributed by atoms with Crippen LogP contribution in [0.15, 0.2) is 29.1 Å². The predicted molar refractivity (Wildman–Crippen MR) is 97.4 cm³/mol. The lowest BCUT2D eigenvalue weighted by Gasteiger charge is -2.41. The number of rotatable bonds is 3. The number of fused-ring (bicyclic) bond motifs is 1. The predicted octanol–water partition coefficient (Wildman–Crippen LogP) is 2.34. The molecule has 0 saturated carbocycles. The fraction of sp³-hybridized carbons (Fsp3) is 0.400. The van der Waals surface area contributed by atoms with E-state index in [2.05, 4.69) is 0 Å². The average molecular weight is 373 g/mol. The highest BCUT2D eigenvalue weighted by Gasteiger charge is 2.33. The van der Waals surface area contributed by atoms with Crippen LogP contribution in [0.2, 0.25) is 0 Å². The van der Waals surface area contributed by atoms with Crippen molar-refractivity contribution in [1.29, 1.82) is 0 Å². The molecule has 4 rings (SSSR count). The van der Waals surface area contributed by atoms with Gasteiger partial charge in [-0.25, -0.2) is 8.78 Å². The van der Waals surface area contributed by atoms with Gasteiger partial charge in [-0.15, -0.1) is 0 Å². The number of hydrogen-bond acceptors (Lipinski definition) is 3. The number of aryl methyl sites for hydroxylation is 1. The van der Waals surface area contributed by atoms with E-state index in [-0.39, 0.29) is 17.4 Å². The molecule has 0 spiro atoms. The van der Waals surface area contributed by atoms with E-state index in [1.807, 2.05) is 11.8 Å². The number of amides is 1. The first kappa shape index (κ1) is 17.7. The van der Waals surface area contributed by atoms with E-state index < -0.39 is 11.6 Å². The van der Waals surface area contributed by atoms with Crippen LogP contribution in [-0.4, -0.2) is 28.5 Å². The molecule has 5 nitrogen and oxygen atoms in total. The Labute approximate surface area is 155 Å². The summed E-state index contributed by atoms with van der Waals surface area (Å²) < 4.78 is 28.0. The molecule has 0 atom stereocenters. The SMILES string of the molecule is Cc1cc(=O)n(C)c2c1CN(C(=O)CC1CN(c3ccc(F)c(F)c3)C1)C2. The van der Waals surface area contributed by atoms with Gasteiger partial charge < -0.3 is 14.4 Å². The second-order valence-corrected chi connectivity index (χ2v) is 7.47. The molecule has 0 aliphatic carbocycles. The molecule has 7 heteroatoms. The molecule has 0 radical (unpaired) electrons. The van der Waals surface area contributed by atoms with Crippen LogP contribution in [0, 0.1) is 24.5 Å². The second kappa shape index (κ2) is 6.48. The fourth-order valence-corrected chi connectivity index (χ4v) is 3.92. The van der Waals surface area contributed by atoms with Crippen LogP contribution < -0.4 is 10.5 Å². The van der Waals surface area contributed by atoms with Gasteiger partial charge in [-0.3, -0.25) is 9.59 Å². The van der Waals surface area contributed by atoms with Gasteiger partial charge in [0.15, 0.2) is 11.6 Å². The molecular formula is C20H21F2N3O2. The molecule has 0 N–H and O–H groups in total. The molecule has 1 saturated heterocycles. The van der Waals surface area contributed by atoms with Gasteiger partial charge in [-0.1, -0.05) is 0 Å². The van der Waals surface area contributed by atoms with Crippen molar-refractivity contribution in [3.05, 3.63) is 63.1 Å². The Morgan fingerprint density at radius 1 is 1.15 bits per heavy atom. The smallest absolute Gasteiger partial charge is 0.250 e. The zero-order valence-corrected chi connectivity index (χ0v) is 15.3.